The highest BCUT2D eigenvalue weighted by Gasteiger charge is 2.44. The van der Waals surface area contributed by atoms with Gasteiger partial charge in [-0.05, 0) is 69.4 Å². The molecule has 1 N–H and O–H groups in total. The van der Waals surface area contributed by atoms with Crippen molar-refractivity contribution in [2.45, 2.75) is 100 Å². The van der Waals surface area contributed by atoms with Crippen molar-refractivity contribution in [3.05, 3.63) is 0 Å². The number of hydrogen-bond donors (Lipinski definition) is 1. The van der Waals surface area contributed by atoms with Gasteiger partial charge >= 0.3 is 0 Å². The molecular weight excluding hydrogens is 352 g/mol. The van der Waals surface area contributed by atoms with E-state index in [9.17, 15) is 9.00 Å². The van der Waals surface area contributed by atoms with Gasteiger partial charge in [0.05, 0.1) is 29.3 Å². The van der Waals surface area contributed by atoms with Crippen molar-refractivity contribution in [1.82, 2.24) is 0 Å². The van der Waals surface area contributed by atoms with Gasteiger partial charge < -0.3 is 14.3 Å². The van der Waals surface area contributed by atoms with Crippen LogP contribution in [0.2, 0.25) is 12.6 Å². The first-order valence-corrected chi connectivity index (χ1v) is 14.4. The molecule has 6 heteroatoms. The Morgan fingerprint density at radius 3 is 2.44 bits per heavy atom. The molecule has 3 heterocycles. The fourth-order valence-corrected chi connectivity index (χ4v) is 10.4. The van der Waals surface area contributed by atoms with Crippen molar-refractivity contribution in [3.63, 3.8) is 0 Å². The highest BCUT2D eigenvalue weighted by molar-refractivity contribution is 7.87. The van der Waals surface area contributed by atoms with Crippen LogP contribution in [0.25, 0.3) is 0 Å². The highest BCUT2D eigenvalue weighted by atomic mass is 32.2. The van der Waals surface area contributed by atoms with E-state index in [1.165, 1.54) is 32.1 Å². The minimum atomic E-state index is -2.42. The van der Waals surface area contributed by atoms with Crippen molar-refractivity contribution in [3.8, 4) is 0 Å². The van der Waals surface area contributed by atoms with Crippen LogP contribution >= 0.6 is 0 Å². The molecule has 3 saturated heterocycles. The third-order valence-electron chi connectivity index (χ3n) is 7.27. The third kappa shape index (κ3) is 4.40. The predicted octanol–water partition coefficient (Wildman–Crippen LogP) is 3.15. The Kier molecular flexibility index (Phi) is 5.46. The van der Waals surface area contributed by atoms with Crippen LogP contribution in [0.5, 0.6) is 0 Å². The summed E-state index contributed by atoms with van der Waals surface area (Å²) in [7, 11) is -3.31. The normalized spacial score (nSPS) is 44.1. The SMILES string of the molecule is CC(S(=O)CCC1CCC2OC2C1)[Si](C)(O)CCC1CC2CC(C1)O2. The maximum absolute atomic E-state index is 12.8. The van der Waals surface area contributed by atoms with E-state index >= 15 is 0 Å². The van der Waals surface area contributed by atoms with E-state index < -0.39 is 19.1 Å². The maximum Gasteiger partial charge on any atom is 0.200 e. The molecular formula is C19H34O4SSi. The van der Waals surface area contributed by atoms with Gasteiger partial charge in [0.25, 0.3) is 0 Å². The third-order valence-corrected chi connectivity index (χ3v) is 14.1. The molecule has 2 saturated carbocycles. The molecule has 4 nitrogen and oxygen atoms in total. The highest BCUT2D eigenvalue weighted by Crippen LogP contribution is 2.42. The standard InChI is InChI=1S/C19H34O4SSi/c1-13(24(20)7-5-14-3-4-18-19(11-14)23-18)25(2,21)8-6-15-9-16-12-17(10-15)22-16/h13-19,21H,3-12H2,1-2H3. The summed E-state index contributed by atoms with van der Waals surface area (Å²) in [5, 5.41) is 0. The van der Waals surface area contributed by atoms with Crippen LogP contribution in [0.1, 0.15) is 58.3 Å². The van der Waals surface area contributed by atoms with Gasteiger partial charge in [-0.1, -0.05) is 13.3 Å². The Labute approximate surface area is 155 Å². The van der Waals surface area contributed by atoms with E-state index in [0.717, 1.165) is 31.1 Å². The second-order valence-corrected chi connectivity index (χ2v) is 15.6. The van der Waals surface area contributed by atoms with Gasteiger partial charge in [-0.3, -0.25) is 4.21 Å². The molecule has 0 aromatic rings. The molecule has 5 aliphatic rings. The van der Waals surface area contributed by atoms with E-state index in [1.54, 1.807) is 0 Å². The van der Waals surface area contributed by atoms with Gasteiger partial charge in [0.15, 0.2) is 0 Å². The zero-order valence-corrected chi connectivity index (χ0v) is 17.5. The molecule has 2 aliphatic carbocycles. The molecule has 8 atom stereocenters. The molecule has 0 amide bonds. The first-order chi connectivity index (χ1) is 11.9. The monoisotopic (exact) mass is 386 g/mol. The molecule has 3 aliphatic heterocycles. The van der Waals surface area contributed by atoms with E-state index in [4.69, 9.17) is 9.47 Å². The molecule has 5 fully saturated rings. The number of rotatable bonds is 8. The van der Waals surface area contributed by atoms with E-state index in [1.807, 2.05) is 13.5 Å². The van der Waals surface area contributed by atoms with Crippen molar-refractivity contribution < 1.29 is 18.5 Å². The van der Waals surface area contributed by atoms with E-state index in [2.05, 4.69) is 0 Å². The summed E-state index contributed by atoms with van der Waals surface area (Å²) in [5.41, 5.74) is 0. The van der Waals surface area contributed by atoms with Crippen LogP contribution in [-0.2, 0) is 20.3 Å². The Bertz CT molecular complexity index is 498. The van der Waals surface area contributed by atoms with Gasteiger partial charge in [-0.2, -0.15) is 0 Å². The van der Waals surface area contributed by atoms with Crippen molar-refractivity contribution in [1.29, 1.82) is 0 Å². The number of ether oxygens (including phenoxy) is 2. The van der Waals surface area contributed by atoms with Crippen molar-refractivity contribution >= 4 is 19.1 Å². The summed E-state index contributed by atoms with van der Waals surface area (Å²) in [5.74, 6) is 2.15. The number of hydrogen-bond acceptors (Lipinski definition) is 4. The summed E-state index contributed by atoms with van der Waals surface area (Å²) in [6.07, 6.45) is 11.3. The lowest BCUT2D eigenvalue weighted by Crippen LogP contribution is -2.48. The quantitative estimate of drug-likeness (QED) is 0.514. The smallest absolute Gasteiger partial charge is 0.200 e. The summed E-state index contributed by atoms with van der Waals surface area (Å²) in [6, 6.07) is 0.894. The molecule has 0 radical (unpaired) electrons. The molecule has 0 aromatic carbocycles. The van der Waals surface area contributed by atoms with Gasteiger partial charge in [-0.25, -0.2) is 0 Å². The lowest BCUT2D eigenvalue weighted by atomic mass is 9.79. The van der Waals surface area contributed by atoms with E-state index in [0.29, 0.717) is 36.3 Å². The second-order valence-electron chi connectivity index (χ2n) is 9.26. The fraction of sp³-hybridized carbons (Fsp3) is 1.00. The first-order valence-electron chi connectivity index (χ1n) is 10.3. The lowest BCUT2D eigenvalue weighted by Gasteiger charge is -2.45. The van der Waals surface area contributed by atoms with Crippen LogP contribution in [0.15, 0.2) is 0 Å². The summed E-state index contributed by atoms with van der Waals surface area (Å²) < 4.78 is 24.1. The van der Waals surface area contributed by atoms with Gasteiger partial charge in [0, 0.05) is 16.6 Å². The Morgan fingerprint density at radius 1 is 1.04 bits per heavy atom. The molecule has 8 unspecified atom stereocenters. The minimum Gasteiger partial charge on any atom is -0.431 e. The molecule has 0 aromatic heterocycles. The maximum atomic E-state index is 12.8. The number of epoxide rings is 1. The van der Waals surface area contributed by atoms with Crippen LogP contribution < -0.4 is 0 Å². The zero-order chi connectivity index (χ0) is 17.6. The summed E-state index contributed by atoms with van der Waals surface area (Å²) >= 11 is 0. The zero-order valence-electron chi connectivity index (χ0n) is 15.7. The molecule has 2 bridgehead atoms. The van der Waals surface area contributed by atoms with Crippen LogP contribution in [0.4, 0.5) is 0 Å². The Hall–Kier alpha value is 0.247. The molecule has 5 rings (SSSR count). The Balaban J connectivity index is 1.19. The molecule has 0 spiro atoms. The fourth-order valence-electron chi connectivity index (χ4n) is 5.12. The average Bonchev–Trinajstić information content (AvgIpc) is 3.35. The topological polar surface area (TPSA) is 59.1 Å². The van der Waals surface area contributed by atoms with Crippen LogP contribution in [-0.4, -0.2) is 52.4 Å². The largest absolute Gasteiger partial charge is 0.431 e. The van der Waals surface area contributed by atoms with Crippen LogP contribution in [0, 0.1) is 11.8 Å². The van der Waals surface area contributed by atoms with Gasteiger partial charge in [-0.15, -0.1) is 0 Å². The predicted molar refractivity (Wildman–Crippen MR) is 102 cm³/mol. The lowest BCUT2D eigenvalue weighted by molar-refractivity contribution is -0.173. The number of fused-ring (bicyclic) bond motifs is 3. The molecule has 25 heavy (non-hydrogen) atoms. The Morgan fingerprint density at radius 2 is 1.76 bits per heavy atom. The first kappa shape index (κ1) is 18.6. The second kappa shape index (κ2) is 7.34. The van der Waals surface area contributed by atoms with Crippen LogP contribution in [0.3, 0.4) is 0 Å². The van der Waals surface area contributed by atoms with Crippen molar-refractivity contribution in [2.24, 2.45) is 11.8 Å². The minimum absolute atomic E-state index is 0.0182. The summed E-state index contributed by atoms with van der Waals surface area (Å²) in [6.45, 7) is 4.06. The average molecular weight is 387 g/mol. The summed E-state index contributed by atoms with van der Waals surface area (Å²) in [4.78, 5) is 11.0. The van der Waals surface area contributed by atoms with Crippen molar-refractivity contribution in [2.75, 3.05) is 5.75 Å². The van der Waals surface area contributed by atoms with Gasteiger partial charge in [0.1, 0.15) is 0 Å². The van der Waals surface area contributed by atoms with Gasteiger partial charge in [0.2, 0.25) is 8.32 Å². The molecule has 144 valence electrons. The van der Waals surface area contributed by atoms with E-state index in [-0.39, 0.29) is 4.87 Å².